The number of piperazine rings is 1. The molecule has 1 aliphatic heterocycles. The maximum atomic E-state index is 12.9. The predicted molar refractivity (Wildman–Crippen MR) is 100 cm³/mol. The Morgan fingerprint density at radius 1 is 1.04 bits per heavy atom. The molecule has 0 radical (unpaired) electrons. The number of hydrogen-bond donors (Lipinski definition) is 0. The molecule has 0 aliphatic carbocycles. The number of halogens is 1. The molecule has 26 heavy (non-hydrogen) atoms. The van der Waals surface area contributed by atoms with Crippen LogP contribution < -0.4 is 4.90 Å². The van der Waals surface area contributed by atoms with Gasteiger partial charge in [-0.1, -0.05) is 17.7 Å². The van der Waals surface area contributed by atoms with Crippen LogP contribution in [0.2, 0.25) is 5.02 Å². The highest BCUT2D eigenvalue weighted by Crippen LogP contribution is 2.27. The van der Waals surface area contributed by atoms with Crippen LogP contribution in [0.1, 0.15) is 5.56 Å². The number of hydrogen-bond acceptors (Lipinski definition) is 5. The first kappa shape index (κ1) is 18.6. The van der Waals surface area contributed by atoms with Gasteiger partial charge in [0.1, 0.15) is 0 Å². The number of non-ortho nitro benzene ring substituents is 1. The van der Waals surface area contributed by atoms with Crippen LogP contribution in [0, 0.1) is 17.0 Å². The van der Waals surface area contributed by atoms with Crippen molar-refractivity contribution in [3.05, 3.63) is 63.2 Å². The lowest BCUT2D eigenvalue weighted by molar-refractivity contribution is -0.384. The molecule has 0 amide bonds. The summed E-state index contributed by atoms with van der Waals surface area (Å²) in [6.07, 6.45) is 0. The Labute approximate surface area is 157 Å². The molecule has 9 heteroatoms. The SMILES string of the molecule is Cc1c(Cl)cccc1S(=O)(=O)N1CCN(c2ccc([N+](=O)[O-])cc2)CC1. The van der Waals surface area contributed by atoms with Gasteiger partial charge in [0.05, 0.1) is 9.82 Å². The summed E-state index contributed by atoms with van der Waals surface area (Å²) in [6.45, 7) is 3.40. The molecule has 0 aromatic heterocycles. The Kier molecular flexibility index (Phi) is 5.17. The summed E-state index contributed by atoms with van der Waals surface area (Å²) in [5, 5.41) is 11.2. The second-order valence-electron chi connectivity index (χ2n) is 6.03. The van der Waals surface area contributed by atoms with E-state index in [1.807, 2.05) is 4.90 Å². The zero-order valence-electron chi connectivity index (χ0n) is 14.1. The van der Waals surface area contributed by atoms with E-state index in [1.165, 1.54) is 16.4 Å². The largest absolute Gasteiger partial charge is 0.369 e. The minimum absolute atomic E-state index is 0.0337. The molecular weight excluding hydrogens is 378 g/mol. The van der Waals surface area contributed by atoms with Crippen molar-refractivity contribution in [3.8, 4) is 0 Å². The quantitative estimate of drug-likeness (QED) is 0.586. The van der Waals surface area contributed by atoms with Crippen molar-refractivity contribution >= 4 is 33.0 Å². The van der Waals surface area contributed by atoms with Gasteiger partial charge in [-0.15, -0.1) is 0 Å². The fourth-order valence-electron chi connectivity index (χ4n) is 2.98. The Morgan fingerprint density at radius 2 is 1.65 bits per heavy atom. The Morgan fingerprint density at radius 3 is 2.23 bits per heavy atom. The number of anilines is 1. The van der Waals surface area contributed by atoms with E-state index in [4.69, 9.17) is 11.6 Å². The lowest BCUT2D eigenvalue weighted by Crippen LogP contribution is -2.48. The molecule has 0 atom stereocenters. The first-order valence-corrected chi connectivity index (χ1v) is 9.87. The van der Waals surface area contributed by atoms with Gasteiger partial charge in [-0.25, -0.2) is 8.42 Å². The number of rotatable bonds is 4. The van der Waals surface area contributed by atoms with Crippen LogP contribution in [-0.2, 0) is 10.0 Å². The highest BCUT2D eigenvalue weighted by molar-refractivity contribution is 7.89. The van der Waals surface area contributed by atoms with Crippen LogP contribution in [0.15, 0.2) is 47.4 Å². The summed E-state index contributed by atoms with van der Waals surface area (Å²) in [6, 6.07) is 11.1. The first-order valence-electron chi connectivity index (χ1n) is 8.05. The minimum atomic E-state index is -3.61. The van der Waals surface area contributed by atoms with Crippen LogP contribution in [0.4, 0.5) is 11.4 Å². The molecule has 138 valence electrons. The monoisotopic (exact) mass is 395 g/mol. The maximum Gasteiger partial charge on any atom is 0.269 e. The average molecular weight is 396 g/mol. The van der Waals surface area contributed by atoms with Gasteiger partial charge in [-0.05, 0) is 36.8 Å². The smallest absolute Gasteiger partial charge is 0.269 e. The lowest BCUT2D eigenvalue weighted by atomic mass is 10.2. The summed E-state index contributed by atoms with van der Waals surface area (Å²) in [5.74, 6) is 0. The van der Waals surface area contributed by atoms with Gasteiger partial charge in [-0.2, -0.15) is 4.31 Å². The third kappa shape index (κ3) is 3.53. The third-order valence-electron chi connectivity index (χ3n) is 4.50. The second kappa shape index (κ2) is 7.22. The van der Waals surface area contributed by atoms with Crippen molar-refractivity contribution in [1.82, 2.24) is 4.31 Å². The van der Waals surface area contributed by atoms with Gasteiger partial charge in [0.15, 0.2) is 0 Å². The highest BCUT2D eigenvalue weighted by Gasteiger charge is 2.30. The number of nitro groups is 1. The zero-order valence-corrected chi connectivity index (χ0v) is 15.7. The minimum Gasteiger partial charge on any atom is -0.369 e. The van der Waals surface area contributed by atoms with Gasteiger partial charge in [0.2, 0.25) is 10.0 Å². The van der Waals surface area contributed by atoms with E-state index in [2.05, 4.69) is 0 Å². The fraction of sp³-hybridized carbons (Fsp3) is 0.294. The molecule has 1 fully saturated rings. The Bertz CT molecular complexity index is 924. The molecule has 1 saturated heterocycles. The first-order chi connectivity index (χ1) is 12.3. The van der Waals surface area contributed by atoms with E-state index in [-0.39, 0.29) is 10.6 Å². The van der Waals surface area contributed by atoms with Crippen LogP contribution in [0.3, 0.4) is 0 Å². The molecule has 2 aromatic carbocycles. The van der Waals surface area contributed by atoms with Crippen LogP contribution in [-0.4, -0.2) is 43.8 Å². The molecule has 1 aliphatic rings. The molecule has 0 spiro atoms. The molecule has 2 aromatic rings. The van der Waals surface area contributed by atoms with E-state index in [1.54, 1.807) is 37.3 Å². The molecule has 3 rings (SSSR count). The molecular formula is C17H18ClN3O4S. The predicted octanol–water partition coefficient (Wildman–Crippen LogP) is 3.07. The van der Waals surface area contributed by atoms with Gasteiger partial charge in [-0.3, -0.25) is 10.1 Å². The Balaban J connectivity index is 1.73. The summed E-state index contributed by atoms with van der Waals surface area (Å²) < 4.78 is 27.2. The fourth-order valence-corrected chi connectivity index (χ4v) is 4.88. The average Bonchev–Trinajstić information content (AvgIpc) is 2.64. The number of nitro benzene ring substituents is 1. The van der Waals surface area contributed by atoms with Crippen molar-refractivity contribution in [3.63, 3.8) is 0 Å². The standard InChI is InChI=1S/C17H18ClN3O4S/c1-13-16(18)3-2-4-17(13)26(24,25)20-11-9-19(10-12-20)14-5-7-15(8-6-14)21(22)23/h2-8H,9-12H2,1H3. The Hall–Kier alpha value is -2.16. The second-order valence-corrected chi connectivity index (χ2v) is 8.34. The molecule has 7 nitrogen and oxygen atoms in total. The molecule has 0 bridgehead atoms. The number of sulfonamides is 1. The zero-order chi connectivity index (χ0) is 18.9. The summed E-state index contributed by atoms with van der Waals surface area (Å²) in [7, 11) is -3.61. The van der Waals surface area contributed by atoms with Gasteiger partial charge >= 0.3 is 0 Å². The van der Waals surface area contributed by atoms with Gasteiger partial charge < -0.3 is 4.90 Å². The number of nitrogens with zero attached hydrogens (tertiary/aromatic N) is 3. The van der Waals surface area contributed by atoms with Crippen LogP contribution >= 0.6 is 11.6 Å². The van der Waals surface area contributed by atoms with E-state index >= 15 is 0 Å². The van der Waals surface area contributed by atoms with Crippen LogP contribution in [0.25, 0.3) is 0 Å². The molecule has 0 saturated carbocycles. The van der Waals surface area contributed by atoms with Gasteiger partial charge in [0.25, 0.3) is 5.69 Å². The van der Waals surface area contributed by atoms with Crippen molar-refractivity contribution < 1.29 is 13.3 Å². The summed E-state index contributed by atoms with van der Waals surface area (Å²) in [4.78, 5) is 12.5. The van der Waals surface area contributed by atoms with E-state index in [0.29, 0.717) is 36.8 Å². The van der Waals surface area contributed by atoms with Crippen molar-refractivity contribution in [2.45, 2.75) is 11.8 Å². The van der Waals surface area contributed by atoms with Crippen LogP contribution in [0.5, 0.6) is 0 Å². The third-order valence-corrected chi connectivity index (χ3v) is 6.95. The molecule has 0 unspecified atom stereocenters. The van der Waals surface area contributed by atoms with E-state index in [0.717, 1.165) is 5.69 Å². The molecule has 0 N–H and O–H groups in total. The van der Waals surface area contributed by atoms with Crippen molar-refractivity contribution in [2.75, 3.05) is 31.1 Å². The van der Waals surface area contributed by atoms with Gasteiger partial charge in [0, 0.05) is 49.0 Å². The maximum absolute atomic E-state index is 12.9. The van der Waals surface area contributed by atoms with E-state index in [9.17, 15) is 18.5 Å². The molecule has 1 heterocycles. The summed E-state index contributed by atoms with van der Waals surface area (Å²) in [5.41, 5.74) is 1.42. The summed E-state index contributed by atoms with van der Waals surface area (Å²) >= 11 is 6.06. The highest BCUT2D eigenvalue weighted by atomic mass is 35.5. The van der Waals surface area contributed by atoms with Crippen molar-refractivity contribution in [1.29, 1.82) is 0 Å². The lowest BCUT2D eigenvalue weighted by Gasteiger charge is -2.35. The normalized spacial score (nSPS) is 15.8. The topological polar surface area (TPSA) is 83.8 Å². The van der Waals surface area contributed by atoms with Crippen molar-refractivity contribution in [2.24, 2.45) is 0 Å². The van der Waals surface area contributed by atoms with E-state index < -0.39 is 14.9 Å². The number of benzene rings is 2.